The zero-order valence-corrected chi connectivity index (χ0v) is 17.0. The summed E-state index contributed by atoms with van der Waals surface area (Å²) in [5.74, 6) is 0.712. The number of allylic oxidation sites excluding steroid dienone is 4. The molecule has 1 aliphatic carbocycles. The van der Waals surface area contributed by atoms with Crippen molar-refractivity contribution in [2.45, 2.75) is 66.7 Å². The van der Waals surface area contributed by atoms with Crippen LogP contribution in [-0.2, 0) is 21.7 Å². The smallest absolute Gasteiger partial charge is 0.677 e. The summed E-state index contributed by atoms with van der Waals surface area (Å²) >= 11 is 0. The van der Waals surface area contributed by atoms with Gasteiger partial charge in [0.25, 0.3) is 0 Å². The molecule has 0 aliphatic heterocycles. The zero-order chi connectivity index (χ0) is 16.9. The monoisotopic (exact) mass is 343 g/mol. The van der Waals surface area contributed by atoms with E-state index in [0.29, 0.717) is 25.6 Å². The van der Waals surface area contributed by atoms with Crippen LogP contribution < -0.4 is 0 Å². The summed E-state index contributed by atoms with van der Waals surface area (Å²) in [6, 6.07) is 0. The molecule has 0 heterocycles. The van der Waals surface area contributed by atoms with Crippen molar-refractivity contribution >= 4 is 0 Å². The van der Waals surface area contributed by atoms with Gasteiger partial charge in [0.05, 0.1) is 0 Å². The van der Waals surface area contributed by atoms with E-state index >= 15 is 0 Å². The van der Waals surface area contributed by atoms with E-state index in [9.17, 15) is 0 Å². The van der Waals surface area contributed by atoms with E-state index < -0.39 is 0 Å². The molecule has 1 rings (SSSR count). The Bertz CT molecular complexity index is 213. The van der Waals surface area contributed by atoms with E-state index in [4.69, 9.17) is 17.2 Å². The van der Waals surface area contributed by atoms with Crippen LogP contribution in [0, 0.1) is 12.0 Å². The predicted octanol–water partition coefficient (Wildman–Crippen LogP) is 7.07. The second-order valence-electron chi connectivity index (χ2n) is 4.80. The van der Waals surface area contributed by atoms with Gasteiger partial charge in [-0.05, 0) is 0 Å². The summed E-state index contributed by atoms with van der Waals surface area (Å²) in [6.07, 6.45) is 12.9. The second kappa shape index (κ2) is 29.1. The molecule has 0 bridgehead atoms. The van der Waals surface area contributed by atoms with Gasteiger partial charge in [-0.15, -0.1) is 6.42 Å². The van der Waals surface area contributed by atoms with E-state index in [-0.39, 0.29) is 21.7 Å². The second-order valence-corrected chi connectivity index (χ2v) is 4.80. The standard InChI is InChI=1S/C9H13.3C3H8N.Ti/c1-3-8(2)9-6-4-5-7-9;3*1-2-3-4;/h4,6,8H,3,5H2,1-2H3;3*4H,2-3H2,1H3;/q4*-1;+4. The molecule has 1 aliphatic rings. The van der Waals surface area contributed by atoms with Crippen molar-refractivity contribution < 1.29 is 21.7 Å². The molecule has 0 aromatic rings. The van der Waals surface area contributed by atoms with Crippen molar-refractivity contribution in [1.82, 2.24) is 0 Å². The summed E-state index contributed by atoms with van der Waals surface area (Å²) < 4.78 is 0. The van der Waals surface area contributed by atoms with Gasteiger partial charge in [0, 0.05) is 0 Å². The minimum atomic E-state index is 0. The van der Waals surface area contributed by atoms with Crippen LogP contribution in [0.15, 0.2) is 17.7 Å². The van der Waals surface area contributed by atoms with E-state index in [2.05, 4.69) is 32.1 Å². The molecule has 0 saturated heterocycles. The van der Waals surface area contributed by atoms with Gasteiger partial charge < -0.3 is 17.2 Å². The van der Waals surface area contributed by atoms with Gasteiger partial charge in [-0.2, -0.15) is 25.7 Å². The van der Waals surface area contributed by atoms with Gasteiger partial charge >= 0.3 is 21.7 Å². The average Bonchev–Trinajstić information content (AvgIpc) is 3.09. The number of rotatable bonds is 5. The van der Waals surface area contributed by atoms with Crippen LogP contribution in [0.1, 0.15) is 66.7 Å². The van der Waals surface area contributed by atoms with E-state index in [1.54, 1.807) is 0 Å². The van der Waals surface area contributed by atoms with Crippen LogP contribution >= 0.6 is 0 Å². The van der Waals surface area contributed by atoms with Crippen molar-refractivity contribution in [2.24, 2.45) is 5.92 Å². The molecule has 4 heteroatoms. The maximum Gasteiger partial charge on any atom is 4.00 e. The Morgan fingerprint density at radius 3 is 1.50 bits per heavy atom. The Hall–Kier alpha value is 0.0743. The molecule has 0 spiro atoms. The van der Waals surface area contributed by atoms with Crippen LogP contribution in [0.5, 0.6) is 0 Å². The molecule has 128 valence electrons. The summed E-state index contributed by atoms with van der Waals surface area (Å²) in [6.45, 7) is 12.1. The van der Waals surface area contributed by atoms with E-state index in [1.807, 2.05) is 20.8 Å². The van der Waals surface area contributed by atoms with Gasteiger partial charge in [0.1, 0.15) is 0 Å². The molecule has 1 unspecified atom stereocenters. The molecule has 0 fully saturated rings. The molecule has 0 saturated carbocycles. The van der Waals surface area contributed by atoms with Gasteiger partial charge in [0.2, 0.25) is 0 Å². The normalized spacial score (nSPS) is 12.3. The van der Waals surface area contributed by atoms with Crippen LogP contribution in [0.4, 0.5) is 0 Å². The molecule has 0 aromatic carbocycles. The average molecular weight is 343 g/mol. The van der Waals surface area contributed by atoms with Crippen LogP contribution in [-0.4, -0.2) is 19.6 Å². The van der Waals surface area contributed by atoms with Crippen molar-refractivity contribution in [1.29, 1.82) is 0 Å². The topological polar surface area (TPSA) is 71.4 Å². The van der Waals surface area contributed by atoms with Crippen LogP contribution in [0.3, 0.4) is 0 Å². The van der Waals surface area contributed by atoms with Crippen molar-refractivity contribution in [3.05, 3.63) is 41.0 Å². The molecule has 3 N–H and O–H groups in total. The summed E-state index contributed by atoms with van der Waals surface area (Å²) in [5.41, 5.74) is 20.8. The van der Waals surface area contributed by atoms with Gasteiger partial charge in [-0.3, -0.25) is 6.08 Å². The molecule has 22 heavy (non-hydrogen) atoms. The molecule has 3 nitrogen and oxygen atoms in total. The molecule has 0 amide bonds. The first-order valence-corrected chi connectivity index (χ1v) is 8.30. The summed E-state index contributed by atoms with van der Waals surface area (Å²) in [7, 11) is 0. The SMILES string of the molecule is CCC(C)C1=[C-]CC=C1.CCC[NH-].CCC[NH-].CCC[NH-].[Ti+4]. The minimum absolute atomic E-state index is 0. The molecular formula is C18H37N3Ti. The number of nitrogens with one attached hydrogen (secondary N) is 3. The molecular weight excluding hydrogens is 306 g/mol. The van der Waals surface area contributed by atoms with Crippen LogP contribution in [0.2, 0.25) is 0 Å². The largest absolute Gasteiger partial charge is 4.00 e. The third-order valence-electron chi connectivity index (χ3n) is 2.61. The summed E-state index contributed by atoms with van der Waals surface area (Å²) in [4.78, 5) is 0. The molecule has 0 aromatic heterocycles. The zero-order valence-electron chi connectivity index (χ0n) is 15.4. The van der Waals surface area contributed by atoms with Gasteiger partial charge in [-0.25, -0.2) is 11.6 Å². The Morgan fingerprint density at radius 1 is 0.955 bits per heavy atom. The fourth-order valence-corrected chi connectivity index (χ4v) is 0.980. The first-order chi connectivity index (χ1) is 10.1. The van der Waals surface area contributed by atoms with E-state index in [1.165, 1.54) is 12.0 Å². The number of hydrogen-bond acceptors (Lipinski definition) is 0. The molecule has 1 atom stereocenters. The van der Waals surface area contributed by atoms with Crippen molar-refractivity contribution in [3.63, 3.8) is 0 Å². The Labute approximate surface area is 155 Å². The van der Waals surface area contributed by atoms with Crippen molar-refractivity contribution in [2.75, 3.05) is 19.6 Å². The number of hydrogen-bond donors (Lipinski definition) is 0. The third-order valence-corrected chi connectivity index (χ3v) is 2.61. The maximum absolute atomic E-state index is 6.45. The van der Waals surface area contributed by atoms with Gasteiger partial charge in [0.15, 0.2) is 0 Å². The Kier molecular flexibility index (Phi) is 39.7. The first kappa shape index (κ1) is 30.0. The maximum atomic E-state index is 6.45. The Morgan fingerprint density at radius 2 is 1.32 bits per heavy atom. The Balaban J connectivity index is -0.000000107. The summed E-state index contributed by atoms with van der Waals surface area (Å²) in [5, 5.41) is 0. The fourth-order valence-electron chi connectivity index (χ4n) is 0.980. The van der Waals surface area contributed by atoms with Crippen molar-refractivity contribution in [3.8, 4) is 0 Å². The van der Waals surface area contributed by atoms with Crippen LogP contribution in [0.25, 0.3) is 17.2 Å². The van der Waals surface area contributed by atoms with E-state index in [0.717, 1.165) is 25.7 Å². The fraction of sp³-hybridized carbons (Fsp3) is 0.778. The first-order valence-electron chi connectivity index (χ1n) is 8.30. The molecule has 0 radical (unpaired) electrons. The third kappa shape index (κ3) is 28.3. The van der Waals surface area contributed by atoms with Gasteiger partial charge in [-0.1, -0.05) is 66.2 Å². The quantitative estimate of drug-likeness (QED) is 0.378. The predicted molar refractivity (Wildman–Crippen MR) is 98.4 cm³/mol. The minimum Gasteiger partial charge on any atom is -0.677 e.